The lowest BCUT2D eigenvalue weighted by Crippen LogP contribution is -2.57. The second-order valence-electron chi connectivity index (χ2n) is 8.12. The number of anilines is 1. The monoisotopic (exact) mass is 550 g/mol. The number of carbonyl (C=O) groups excluding carboxylic acids is 2. The van der Waals surface area contributed by atoms with Crippen molar-refractivity contribution in [2.24, 2.45) is 0 Å². The van der Waals surface area contributed by atoms with E-state index in [1.165, 1.54) is 56.5 Å². The summed E-state index contributed by atoms with van der Waals surface area (Å²) in [4.78, 5) is 38.6. The smallest absolute Gasteiger partial charge is 0.333 e. The van der Waals surface area contributed by atoms with Gasteiger partial charge in [0.25, 0.3) is 15.9 Å². The fraction of sp³-hybridized carbons (Fsp3) is 0.208. The largest absolute Gasteiger partial charge is 0.478 e. The Morgan fingerprint density at radius 1 is 1.14 bits per heavy atom. The Morgan fingerprint density at radius 3 is 2.44 bits per heavy atom. The van der Waals surface area contributed by atoms with E-state index in [1.807, 2.05) is 0 Å². The number of allylic oxidation sites excluding steroid dienone is 2. The first-order valence-corrected chi connectivity index (χ1v) is 12.8. The number of fused-ring (bicyclic) bond motifs is 1. The van der Waals surface area contributed by atoms with Crippen molar-refractivity contribution in [3.8, 4) is 0 Å². The Morgan fingerprint density at radius 2 is 1.83 bits per heavy atom. The van der Waals surface area contributed by atoms with Crippen LogP contribution in [-0.4, -0.2) is 49.8 Å². The number of nitrogens with one attached hydrogen (secondary N) is 1. The van der Waals surface area contributed by atoms with Crippen LogP contribution in [0.1, 0.15) is 18.1 Å². The molecule has 0 bridgehead atoms. The van der Waals surface area contributed by atoms with Crippen LogP contribution < -0.4 is 9.62 Å². The molecule has 4 rings (SSSR count). The van der Waals surface area contributed by atoms with Gasteiger partial charge in [-0.2, -0.15) is 0 Å². The fourth-order valence-electron chi connectivity index (χ4n) is 4.57. The molecule has 2 aromatic carbocycles. The summed E-state index contributed by atoms with van der Waals surface area (Å²) in [6.07, 6.45) is 2.69. The molecule has 2 aliphatic rings. The van der Waals surface area contributed by atoms with E-state index in [9.17, 15) is 27.9 Å². The van der Waals surface area contributed by atoms with Crippen LogP contribution in [0.25, 0.3) is 0 Å². The lowest BCUT2D eigenvalue weighted by atomic mass is 9.83. The number of sulfonamides is 1. The van der Waals surface area contributed by atoms with Crippen LogP contribution in [0, 0.1) is 0 Å². The van der Waals surface area contributed by atoms with E-state index < -0.39 is 50.3 Å². The van der Waals surface area contributed by atoms with Gasteiger partial charge in [0.05, 0.1) is 17.4 Å². The number of aliphatic carboxylic acids is 1. The Bertz CT molecular complexity index is 1450. The molecular weight excluding hydrogens is 531 g/mol. The van der Waals surface area contributed by atoms with E-state index >= 15 is 0 Å². The molecule has 0 radical (unpaired) electrons. The summed E-state index contributed by atoms with van der Waals surface area (Å²) in [7, 11) is -3.57. The highest BCUT2D eigenvalue weighted by Crippen LogP contribution is 2.49. The van der Waals surface area contributed by atoms with Crippen LogP contribution >= 0.6 is 23.2 Å². The molecule has 0 fully saturated rings. The number of halogens is 2. The lowest BCUT2D eigenvalue weighted by Gasteiger charge is -2.33. The SMILES string of the molecule is COC1C=CC=C(C(=O)O)C1S(=O)(=O)N1C(=O)C(NC(C)=O)(c2ccccc2Cl)c2cc(Cl)ccc21. The molecule has 0 spiro atoms. The maximum absolute atomic E-state index is 14.2. The number of amides is 2. The number of carboxylic acid groups (broad SMARTS) is 1. The van der Waals surface area contributed by atoms with E-state index in [0.29, 0.717) is 4.31 Å². The van der Waals surface area contributed by atoms with Gasteiger partial charge in [0.15, 0.2) is 5.54 Å². The summed E-state index contributed by atoms with van der Waals surface area (Å²) >= 11 is 12.7. The molecule has 12 heteroatoms. The molecule has 188 valence electrons. The zero-order chi connectivity index (χ0) is 26.4. The third kappa shape index (κ3) is 3.90. The minimum absolute atomic E-state index is 0.0630. The molecule has 9 nitrogen and oxygen atoms in total. The van der Waals surface area contributed by atoms with Crippen LogP contribution in [0.5, 0.6) is 0 Å². The van der Waals surface area contributed by atoms with Crippen LogP contribution in [0.4, 0.5) is 5.69 Å². The van der Waals surface area contributed by atoms with Crippen molar-refractivity contribution in [3.05, 3.63) is 87.4 Å². The van der Waals surface area contributed by atoms with Gasteiger partial charge in [0.2, 0.25) is 5.91 Å². The molecule has 0 aromatic heterocycles. The molecule has 3 unspecified atom stereocenters. The molecule has 1 aliphatic carbocycles. The second kappa shape index (κ2) is 9.36. The van der Waals surface area contributed by atoms with Gasteiger partial charge in [-0.25, -0.2) is 17.5 Å². The summed E-state index contributed by atoms with van der Waals surface area (Å²) in [6.45, 7) is 1.17. The van der Waals surface area contributed by atoms with E-state index in [2.05, 4.69) is 5.32 Å². The average molecular weight is 551 g/mol. The summed E-state index contributed by atoms with van der Waals surface area (Å²) < 4.78 is 34.0. The first-order valence-electron chi connectivity index (χ1n) is 10.5. The molecule has 1 heterocycles. The molecule has 3 atom stereocenters. The first kappa shape index (κ1) is 25.9. The summed E-state index contributed by atoms with van der Waals surface area (Å²) in [5, 5.41) is 10.8. The standard InChI is InChI=1S/C24H20Cl2N2O7S/c1-13(29)27-24(16-7-3-4-8-18(16)26)17-12-14(25)10-11-19(17)28(23(24)32)36(33,34)21-15(22(30)31)6-5-9-20(21)35-2/h3-12,20-21H,1-2H3,(H,27,29)(H,30,31). The van der Waals surface area contributed by atoms with Crippen LogP contribution in [0.15, 0.2) is 66.3 Å². The molecule has 2 amide bonds. The summed E-state index contributed by atoms with van der Waals surface area (Å²) in [5.41, 5.74) is -2.46. The number of rotatable bonds is 6. The van der Waals surface area contributed by atoms with Gasteiger partial charge in [-0.05, 0) is 24.3 Å². The molecule has 36 heavy (non-hydrogen) atoms. The van der Waals surface area contributed by atoms with Crippen molar-refractivity contribution in [2.75, 3.05) is 11.4 Å². The predicted molar refractivity (Wildman–Crippen MR) is 133 cm³/mol. The normalized spacial score (nSPS) is 23.3. The molecular formula is C24H20Cl2N2O7S. The highest BCUT2D eigenvalue weighted by Gasteiger charge is 2.59. The van der Waals surface area contributed by atoms with Crippen molar-refractivity contribution in [2.45, 2.75) is 23.8 Å². The van der Waals surface area contributed by atoms with Gasteiger partial charge in [0, 0.05) is 35.2 Å². The number of methoxy groups -OCH3 is 1. The number of hydrogen-bond acceptors (Lipinski definition) is 6. The number of ether oxygens (including phenoxy) is 1. The van der Waals surface area contributed by atoms with Crippen LogP contribution in [-0.2, 0) is 34.7 Å². The minimum atomic E-state index is -4.80. The first-order chi connectivity index (χ1) is 17.0. The Hall–Kier alpha value is -3.18. The summed E-state index contributed by atoms with van der Waals surface area (Å²) in [6, 6.07) is 10.2. The highest BCUT2D eigenvalue weighted by molar-refractivity contribution is 7.94. The zero-order valence-electron chi connectivity index (χ0n) is 18.9. The highest BCUT2D eigenvalue weighted by atomic mass is 35.5. The Balaban J connectivity index is 2.03. The zero-order valence-corrected chi connectivity index (χ0v) is 21.3. The Kier molecular flexibility index (Phi) is 6.74. The maximum atomic E-state index is 14.2. The molecule has 0 saturated heterocycles. The molecule has 2 N–H and O–H groups in total. The van der Waals surface area contributed by atoms with Gasteiger partial charge in [0.1, 0.15) is 5.25 Å². The maximum Gasteiger partial charge on any atom is 0.333 e. The molecule has 1 aliphatic heterocycles. The van der Waals surface area contributed by atoms with Crippen LogP contribution in [0.3, 0.4) is 0 Å². The van der Waals surface area contributed by atoms with Gasteiger partial charge in [-0.15, -0.1) is 0 Å². The average Bonchev–Trinajstić information content (AvgIpc) is 3.06. The van der Waals surface area contributed by atoms with Crippen molar-refractivity contribution in [1.29, 1.82) is 0 Å². The molecule has 2 aromatic rings. The van der Waals surface area contributed by atoms with Gasteiger partial charge < -0.3 is 15.2 Å². The topological polar surface area (TPSA) is 130 Å². The number of benzene rings is 2. The van der Waals surface area contributed by atoms with Crippen molar-refractivity contribution < 1.29 is 32.6 Å². The van der Waals surface area contributed by atoms with Gasteiger partial charge in [-0.3, -0.25) is 9.59 Å². The van der Waals surface area contributed by atoms with E-state index in [-0.39, 0.29) is 26.9 Å². The van der Waals surface area contributed by atoms with E-state index in [1.54, 1.807) is 12.1 Å². The number of hydrogen-bond donors (Lipinski definition) is 2. The molecule has 0 saturated carbocycles. The number of carbonyl (C=O) groups is 3. The third-order valence-corrected chi connectivity index (χ3v) is 8.60. The number of carboxylic acids is 1. The minimum Gasteiger partial charge on any atom is -0.478 e. The van der Waals surface area contributed by atoms with Gasteiger partial charge in [-0.1, -0.05) is 59.6 Å². The van der Waals surface area contributed by atoms with E-state index in [0.717, 1.165) is 6.08 Å². The van der Waals surface area contributed by atoms with Crippen molar-refractivity contribution in [3.63, 3.8) is 0 Å². The van der Waals surface area contributed by atoms with Gasteiger partial charge >= 0.3 is 5.97 Å². The van der Waals surface area contributed by atoms with Crippen molar-refractivity contribution >= 4 is 56.7 Å². The second-order valence-corrected chi connectivity index (χ2v) is 10.9. The van der Waals surface area contributed by atoms with Crippen LogP contribution in [0.2, 0.25) is 10.0 Å². The fourth-order valence-corrected chi connectivity index (χ4v) is 7.09. The van der Waals surface area contributed by atoms with E-state index in [4.69, 9.17) is 27.9 Å². The lowest BCUT2D eigenvalue weighted by molar-refractivity contribution is -0.133. The summed E-state index contributed by atoms with van der Waals surface area (Å²) in [5.74, 6) is -3.20. The Labute approximate surface area is 217 Å². The number of nitrogens with zero attached hydrogens (tertiary/aromatic N) is 1. The third-order valence-electron chi connectivity index (χ3n) is 6.00. The quantitative estimate of drug-likeness (QED) is 0.565. The van der Waals surface area contributed by atoms with Crippen molar-refractivity contribution in [1.82, 2.24) is 5.32 Å². The predicted octanol–water partition coefficient (Wildman–Crippen LogP) is 3.01.